The molecule has 1 aliphatic rings. The van der Waals surface area contributed by atoms with E-state index in [1.165, 1.54) is 6.07 Å². The van der Waals surface area contributed by atoms with Gasteiger partial charge in [-0.2, -0.15) is 0 Å². The standard InChI is InChI=1S/C18H23N3O3.ClH/c1-13-18(23)16(22)6-7-21(13)15-5-4-14(12-17(15)24-3)20-10-8-19(2)9-11-20;/h4-7,12,23H,8-11H2,1-3H3;1H. The zero-order valence-electron chi connectivity index (χ0n) is 14.7. The number of nitrogens with zero attached hydrogens (tertiary/aromatic N) is 3. The van der Waals surface area contributed by atoms with Crippen LogP contribution in [-0.4, -0.2) is 54.9 Å². The second-order valence-corrected chi connectivity index (χ2v) is 6.13. The van der Waals surface area contributed by atoms with Gasteiger partial charge < -0.3 is 24.2 Å². The van der Waals surface area contributed by atoms with Gasteiger partial charge in [0.2, 0.25) is 5.43 Å². The Morgan fingerprint density at radius 1 is 1.12 bits per heavy atom. The lowest BCUT2D eigenvalue weighted by Crippen LogP contribution is -2.44. The van der Waals surface area contributed by atoms with Gasteiger partial charge in [0.25, 0.3) is 0 Å². The molecule has 6 nitrogen and oxygen atoms in total. The van der Waals surface area contributed by atoms with Crippen LogP contribution < -0.4 is 15.1 Å². The van der Waals surface area contributed by atoms with Crippen LogP contribution in [0, 0.1) is 6.92 Å². The first-order chi connectivity index (χ1) is 11.5. The second-order valence-electron chi connectivity index (χ2n) is 6.13. The highest BCUT2D eigenvalue weighted by molar-refractivity contribution is 5.85. The number of rotatable bonds is 3. The Labute approximate surface area is 153 Å². The van der Waals surface area contributed by atoms with Crippen molar-refractivity contribution in [2.75, 3.05) is 45.2 Å². The van der Waals surface area contributed by atoms with Gasteiger partial charge in [-0.1, -0.05) is 0 Å². The van der Waals surface area contributed by atoms with Crippen molar-refractivity contribution in [3.8, 4) is 17.2 Å². The lowest BCUT2D eigenvalue weighted by atomic mass is 10.2. The first-order valence-corrected chi connectivity index (χ1v) is 8.04. The number of benzene rings is 1. The molecule has 2 heterocycles. The summed E-state index contributed by atoms with van der Waals surface area (Å²) in [6, 6.07) is 7.38. The van der Waals surface area contributed by atoms with Gasteiger partial charge in [0.15, 0.2) is 5.75 Å². The third-order valence-electron chi connectivity index (χ3n) is 4.60. The number of pyridine rings is 1. The van der Waals surface area contributed by atoms with Gasteiger partial charge in [0, 0.05) is 50.2 Å². The van der Waals surface area contributed by atoms with Crippen LogP contribution in [0.4, 0.5) is 5.69 Å². The summed E-state index contributed by atoms with van der Waals surface area (Å²) >= 11 is 0. The molecule has 7 heteroatoms. The lowest BCUT2D eigenvalue weighted by Gasteiger charge is -2.34. The summed E-state index contributed by atoms with van der Waals surface area (Å²) < 4.78 is 7.33. The molecule has 136 valence electrons. The number of piperazine rings is 1. The molecule has 0 atom stereocenters. The van der Waals surface area contributed by atoms with Crippen LogP contribution in [0.2, 0.25) is 0 Å². The molecular weight excluding hydrogens is 342 g/mol. The lowest BCUT2D eigenvalue weighted by molar-refractivity contribution is 0.312. The topological polar surface area (TPSA) is 57.9 Å². The summed E-state index contributed by atoms with van der Waals surface area (Å²) in [7, 11) is 3.76. The molecule has 0 saturated carbocycles. The maximum Gasteiger partial charge on any atom is 0.223 e. The van der Waals surface area contributed by atoms with E-state index in [9.17, 15) is 9.90 Å². The predicted molar refractivity (Wildman–Crippen MR) is 102 cm³/mol. The third-order valence-corrected chi connectivity index (χ3v) is 4.60. The van der Waals surface area contributed by atoms with Gasteiger partial charge in [-0.05, 0) is 26.1 Å². The zero-order valence-corrected chi connectivity index (χ0v) is 15.5. The first-order valence-electron chi connectivity index (χ1n) is 8.04. The second kappa shape index (κ2) is 7.80. The molecular formula is C18H24ClN3O3. The average molecular weight is 366 g/mol. The quantitative estimate of drug-likeness (QED) is 0.902. The van der Waals surface area contributed by atoms with Crippen LogP contribution in [0.1, 0.15) is 5.69 Å². The van der Waals surface area contributed by atoms with Crippen molar-refractivity contribution >= 4 is 18.1 Å². The molecule has 1 N–H and O–H groups in total. The highest BCUT2D eigenvalue weighted by Crippen LogP contribution is 2.30. The van der Waals surface area contributed by atoms with Gasteiger partial charge in [-0.25, -0.2) is 0 Å². The minimum absolute atomic E-state index is 0. The van der Waals surface area contributed by atoms with Crippen molar-refractivity contribution in [2.45, 2.75) is 6.92 Å². The molecule has 3 rings (SSSR count). The minimum Gasteiger partial charge on any atom is -0.503 e. The normalized spacial score (nSPS) is 14.9. The van der Waals surface area contributed by atoms with E-state index in [-0.39, 0.29) is 23.6 Å². The molecule has 25 heavy (non-hydrogen) atoms. The Kier molecular flexibility index (Phi) is 5.98. The average Bonchev–Trinajstić information content (AvgIpc) is 2.60. The minimum atomic E-state index is -0.378. The Bertz CT molecular complexity index is 799. The van der Waals surface area contributed by atoms with Gasteiger partial charge in [0.1, 0.15) is 5.75 Å². The number of halogens is 1. The van der Waals surface area contributed by atoms with Gasteiger partial charge in [-0.15, -0.1) is 12.4 Å². The Morgan fingerprint density at radius 3 is 2.44 bits per heavy atom. The molecule has 1 fully saturated rings. The van der Waals surface area contributed by atoms with Crippen molar-refractivity contribution in [2.24, 2.45) is 0 Å². The zero-order chi connectivity index (χ0) is 17.3. The molecule has 0 unspecified atom stereocenters. The number of hydrogen-bond acceptors (Lipinski definition) is 5. The third kappa shape index (κ3) is 3.75. The number of hydrogen-bond donors (Lipinski definition) is 1. The fraction of sp³-hybridized carbons (Fsp3) is 0.389. The summed E-state index contributed by atoms with van der Waals surface area (Å²) in [6.45, 7) is 5.76. The summed E-state index contributed by atoms with van der Waals surface area (Å²) in [6.07, 6.45) is 1.66. The molecule has 0 spiro atoms. The SMILES string of the molecule is COc1cc(N2CCN(C)CC2)ccc1-n1ccc(=O)c(O)c1C.Cl. The van der Waals surface area contributed by atoms with Crippen molar-refractivity contribution < 1.29 is 9.84 Å². The molecule has 0 bridgehead atoms. The first kappa shape index (κ1) is 19.1. The number of ether oxygens (including phenoxy) is 1. The van der Waals surface area contributed by atoms with Crippen LogP contribution in [0.25, 0.3) is 5.69 Å². The highest BCUT2D eigenvalue weighted by atomic mass is 35.5. The van der Waals surface area contributed by atoms with Crippen LogP contribution in [0.5, 0.6) is 11.5 Å². The molecule has 1 aromatic carbocycles. The van der Waals surface area contributed by atoms with Crippen LogP contribution in [0.15, 0.2) is 35.3 Å². The highest BCUT2D eigenvalue weighted by Gasteiger charge is 2.17. The van der Waals surface area contributed by atoms with E-state index in [0.29, 0.717) is 11.4 Å². The van der Waals surface area contributed by atoms with E-state index in [2.05, 4.69) is 22.9 Å². The smallest absolute Gasteiger partial charge is 0.223 e. The molecule has 0 aliphatic carbocycles. The van der Waals surface area contributed by atoms with E-state index < -0.39 is 0 Å². The predicted octanol–water partition coefficient (Wildman–Crippen LogP) is 2.03. The summed E-state index contributed by atoms with van der Waals surface area (Å²) in [5, 5.41) is 9.91. The van der Waals surface area contributed by atoms with Crippen LogP contribution in [0.3, 0.4) is 0 Å². The van der Waals surface area contributed by atoms with Crippen molar-refractivity contribution in [1.82, 2.24) is 9.47 Å². The van der Waals surface area contributed by atoms with Gasteiger partial charge >= 0.3 is 0 Å². The number of aromatic hydroxyl groups is 1. The van der Waals surface area contributed by atoms with Crippen LogP contribution in [-0.2, 0) is 0 Å². The molecule has 1 aromatic heterocycles. The number of aromatic nitrogens is 1. The monoisotopic (exact) mass is 365 g/mol. The summed E-state index contributed by atoms with van der Waals surface area (Å²) in [5.74, 6) is 0.472. The van der Waals surface area contributed by atoms with E-state index in [1.807, 2.05) is 12.1 Å². The van der Waals surface area contributed by atoms with Crippen molar-refractivity contribution in [3.05, 3.63) is 46.4 Å². The molecule has 1 aliphatic heterocycles. The van der Waals surface area contributed by atoms with E-state index in [1.54, 1.807) is 24.8 Å². The molecule has 0 radical (unpaired) electrons. The fourth-order valence-corrected chi connectivity index (χ4v) is 3.01. The summed E-state index contributed by atoms with van der Waals surface area (Å²) in [5.41, 5.74) is 2.03. The fourth-order valence-electron chi connectivity index (χ4n) is 3.01. The van der Waals surface area contributed by atoms with Gasteiger partial charge in [0.05, 0.1) is 18.5 Å². The molecule has 1 saturated heterocycles. The van der Waals surface area contributed by atoms with E-state index in [0.717, 1.165) is 37.6 Å². The maximum absolute atomic E-state index is 11.6. The van der Waals surface area contributed by atoms with Crippen molar-refractivity contribution in [1.29, 1.82) is 0 Å². The number of anilines is 1. The molecule has 2 aromatic rings. The van der Waals surface area contributed by atoms with E-state index >= 15 is 0 Å². The molecule has 0 amide bonds. The summed E-state index contributed by atoms with van der Waals surface area (Å²) in [4.78, 5) is 16.2. The Hall–Kier alpha value is -2.18. The Balaban J connectivity index is 0.00000225. The largest absolute Gasteiger partial charge is 0.503 e. The Morgan fingerprint density at radius 2 is 1.80 bits per heavy atom. The van der Waals surface area contributed by atoms with Crippen LogP contribution >= 0.6 is 12.4 Å². The van der Waals surface area contributed by atoms with E-state index in [4.69, 9.17) is 4.74 Å². The maximum atomic E-state index is 11.6. The van der Waals surface area contributed by atoms with Crippen molar-refractivity contribution in [3.63, 3.8) is 0 Å². The number of methoxy groups -OCH3 is 1. The number of likely N-dealkylation sites (N-methyl/N-ethyl adjacent to an activating group) is 1. The van der Waals surface area contributed by atoms with Gasteiger partial charge in [-0.3, -0.25) is 4.79 Å².